The van der Waals surface area contributed by atoms with Crippen LogP contribution in [0.25, 0.3) is 0 Å². The summed E-state index contributed by atoms with van der Waals surface area (Å²) in [6.45, 7) is -0.341. The molecular weight excluding hydrogens is 688 g/mol. The summed E-state index contributed by atoms with van der Waals surface area (Å²) in [5.41, 5.74) is -0.0726. The third kappa shape index (κ3) is 7.82. The van der Waals surface area contributed by atoms with Gasteiger partial charge in [0, 0.05) is 35.7 Å². The van der Waals surface area contributed by atoms with Crippen molar-refractivity contribution in [2.75, 3.05) is 13.2 Å². The lowest BCUT2D eigenvalue weighted by molar-refractivity contribution is -0.137. The van der Waals surface area contributed by atoms with Gasteiger partial charge in [-0.2, -0.15) is 13.2 Å². The highest BCUT2D eigenvalue weighted by Crippen LogP contribution is 2.33. The molecule has 0 spiro atoms. The van der Waals surface area contributed by atoms with Crippen molar-refractivity contribution in [3.8, 4) is 5.75 Å². The Bertz CT molecular complexity index is 1430. The Morgan fingerprint density at radius 2 is 1.71 bits per heavy atom. The van der Waals surface area contributed by atoms with Crippen molar-refractivity contribution in [1.29, 1.82) is 0 Å². The lowest BCUT2D eigenvalue weighted by Crippen LogP contribution is -2.54. The molecule has 1 aliphatic rings. The highest BCUT2D eigenvalue weighted by atomic mass is 127. The largest absolute Gasteiger partial charge is 0.482 e. The predicted molar refractivity (Wildman–Crippen MR) is 159 cm³/mol. The fourth-order valence-corrected chi connectivity index (χ4v) is 5.20. The number of benzene rings is 3. The van der Waals surface area contributed by atoms with Gasteiger partial charge >= 0.3 is 6.18 Å². The summed E-state index contributed by atoms with van der Waals surface area (Å²) < 4.78 is 46.4. The van der Waals surface area contributed by atoms with Gasteiger partial charge in [0.25, 0.3) is 5.91 Å². The summed E-state index contributed by atoms with van der Waals surface area (Å²) in [4.78, 5) is 28.2. The second-order valence-electron chi connectivity index (χ2n) is 9.58. The Hall–Kier alpha value is -3.13. The maximum atomic E-state index is 13.9. The number of hydrogen-bond acceptors (Lipinski definition) is 5. The van der Waals surface area contributed by atoms with Crippen LogP contribution in [0.1, 0.15) is 27.9 Å². The number of rotatable bonds is 9. The lowest BCUT2D eigenvalue weighted by Gasteiger charge is -2.40. The van der Waals surface area contributed by atoms with Gasteiger partial charge in [-0.3, -0.25) is 9.59 Å². The molecule has 0 unspecified atom stereocenters. The van der Waals surface area contributed by atoms with E-state index in [1.54, 1.807) is 36.4 Å². The Labute approximate surface area is 259 Å². The van der Waals surface area contributed by atoms with Crippen molar-refractivity contribution in [2.45, 2.75) is 37.4 Å². The van der Waals surface area contributed by atoms with Gasteiger partial charge in [-0.25, -0.2) is 0 Å². The predicted octanol–water partition coefficient (Wildman–Crippen LogP) is 5.22. The Morgan fingerprint density at radius 3 is 2.33 bits per heavy atom. The number of alkyl halides is 3. The zero-order chi connectivity index (χ0) is 30.4. The standard InChI is InChI=1S/C30H27ClF3IN2O5/c31-22-11-5-18(6-12-22)17-37(29(41)19-7-9-21(10-8-19)30(32,33)34)24-15-20(28(40)36-13-14-38)16-26(27(24)39)42-25-4-2-1-3-23(25)35/h1-12,16,24,26-27,38-39H,13-15,17H2,(H,36,40)/t24-,26+,27+/m1/s1. The van der Waals surface area contributed by atoms with E-state index in [9.17, 15) is 33.0 Å². The lowest BCUT2D eigenvalue weighted by atomic mass is 9.87. The van der Waals surface area contributed by atoms with Crippen LogP contribution in [0.5, 0.6) is 5.75 Å². The maximum Gasteiger partial charge on any atom is 0.416 e. The first-order valence-corrected chi connectivity index (χ1v) is 14.3. The number of carbonyl (C=O) groups is 2. The molecular formula is C30H27ClF3IN2O5. The van der Waals surface area contributed by atoms with Crippen LogP contribution in [-0.4, -0.2) is 58.3 Å². The van der Waals surface area contributed by atoms with Crippen LogP contribution in [0.2, 0.25) is 5.02 Å². The topological polar surface area (TPSA) is 99.1 Å². The van der Waals surface area contributed by atoms with E-state index in [0.29, 0.717) is 16.3 Å². The summed E-state index contributed by atoms with van der Waals surface area (Å²) in [6, 6.07) is 16.5. The third-order valence-corrected chi connectivity index (χ3v) is 7.84. The molecule has 3 atom stereocenters. The smallest absolute Gasteiger partial charge is 0.416 e. The number of aliphatic hydroxyl groups is 2. The number of para-hydroxylation sites is 1. The molecule has 1 aliphatic carbocycles. The molecule has 3 N–H and O–H groups in total. The monoisotopic (exact) mass is 714 g/mol. The molecule has 0 saturated carbocycles. The summed E-state index contributed by atoms with van der Waals surface area (Å²) in [7, 11) is 0. The van der Waals surface area contributed by atoms with Gasteiger partial charge < -0.3 is 25.2 Å². The normalized spacial score (nSPS) is 18.6. The average Bonchev–Trinajstić information content (AvgIpc) is 2.97. The molecule has 0 saturated heterocycles. The molecule has 4 rings (SSSR count). The van der Waals surface area contributed by atoms with Crippen molar-refractivity contribution >= 4 is 46.0 Å². The first-order chi connectivity index (χ1) is 20.0. The minimum absolute atomic E-state index is 0.00945. The highest BCUT2D eigenvalue weighted by molar-refractivity contribution is 14.1. The van der Waals surface area contributed by atoms with Crippen molar-refractivity contribution in [3.05, 3.63) is 110 Å². The Balaban J connectivity index is 1.74. The van der Waals surface area contributed by atoms with Gasteiger partial charge in [-0.15, -0.1) is 0 Å². The fraction of sp³-hybridized carbons (Fsp3) is 0.267. The molecule has 0 aromatic heterocycles. The molecule has 0 radical (unpaired) electrons. The molecule has 12 heteroatoms. The number of ether oxygens (including phenoxy) is 1. The summed E-state index contributed by atoms with van der Waals surface area (Å²) in [5.74, 6) is -0.703. The number of hydrogen-bond donors (Lipinski definition) is 3. The zero-order valence-electron chi connectivity index (χ0n) is 22.0. The van der Waals surface area contributed by atoms with Gasteiger partial charge in [0.05, 0.1) is 21.8 Å². The molecule has 42 heavy (non-hydrogen) atoms. The first-order valence-electron chi connectivity index (χ1n) is 12.9. The number of amides is 2. The van der Waals surface area contributed by atoms with Gasteiger partial charge in [0.15, 0.2) is 0 Å². The Morgan fingerprint density at radius 1 is 1.05 bits per heavy atom. The molecule has 2 amide bonds. The molecule has 0 fully saturated rings. The van der Waals surface area contributed by atoms with Crippen LogP contribution in [0.15, 0.2) is 84.4 Å². The van der Waals surface area contributed by atoms with E-state index in [0.717, 1.165) is 27.8 Å². The van der Waals surface area contributed by atoms with E-state index in [2.05, 4.69) is 27.9 Å². The Kier molecular flexibility index (Phi) is 10.5. The minimum Gasteiger partial charge on any atom is -0.482 e. The van der Waals surface area contributed by atoms with E-state index < -0.39 is 41.8 Å². The zero-order valence-corrected chi connectivity index (χ0v) is 24.9. The quantitative estimate of drug-likeness (QED) is 0.264. The van der Waals surface area contributed by atoms with E-state index >= 15 is 0 Å². The van der Waals surface area contributed by atoms with E-state index in [1.807, 2.05) is 12.1 Å². The molecule has 222 valence electrons. The third-order valence-electron chi connectivity index (χ3n) is 6.70. The van der Waals surface area contributed by atoms with Crippen molar-refractivity contribution in [1.82, 2.24) is 10.2 Å². The molecule has 0 heterocycles. The minimum atomic E-state index is -4.58. The number of nitrogens with zero attached hydrogens (tertiary/aromatic N) is 1. The maximum absolute atomic E-state index is 13.9. The molecule has 0 aliphatic heterocycles. The van der Waals surface area contributed by atoms with Crippen molar-refractivity contribution in [3.63, 3.8) is 0 Å². The number of halogens is 5. The van der Waals surface area contributed by atoms with Crippen LogP contribution in [0.3, 0.4) is 0 Å². The number of aliphatic hydroxyl groups excluding tert-OH is 2. The molecule has 7 nitrogen and oxygen atoms in total. The SMILES string of the molecule is O=C(NCCO)C1=C[C@H](Oc2ccccc2I)[C@@H](O)[C@H](N(Cc2ccc(Cl)cc2)C(=O)c2ccc(C(F)(F)F)cc2)C1. The number of carbonyl (C=O) groups excluding carboxylic acids is 2. The van der Waals surface area contributed by atoms with Crippen molar-refractivity contribution < 1.29 is 37.7 Å². The number of nitrogens with one attached hydrogen (secondary N) is 1. The van der Waals surface area contributed by atoms with Gasteiger partial charge in [-0.05, 0) is 82.8 Å². The van der Waals surface area contributed by atoms with Crippen LogP contribution >= 0.6 is 34.2 Å². The highest BCUT2D eigenvalue weighted by Gasteiger charge is 2.41. The first kappa shape index (κ1) is 31.8. The van der Waals surface area contributed by atoms with Gasteiger partial charge in [0.2, 0.25) is 5.91 Å². The summed E-state index contributed by atoms with van der Waals surface area (Å²) in [6.07, 6.45) is -5.54. The second kappa shape index (κ2) is 13.9. The summed E-state index contributed by atoms with van der Waals surface area (Å²) >= 11 is 8.11. The fourth-order valence-electron chi connectivity index (χ4n) is 4.56. The second-order valence-corrected chi connectivity index (χ2v) is 11.2. The van der Waals surface area contributed by atoms with Crippen LogP contribution in [0.4, 0.5) is 13.2 Å². The van der Waals surface area contributed by atoms with Crippen LogP contribution in [0, 0.1) is 3.57 Å². The van der Waals surface area contributed by atoms with Gasteiger partial charge in [0.1, 0.15) is 18.0 Å². The molecule has 3 aromatic carbocycles. The van der Waals surface area contributed by atoms with E-state index in [4.69, 9.17) is 16.3 Å². The molecule has 3 aromatic rings. The van der Waals surface area contributed by atoms with E-state index in [-0.39, 0.29) is 37.3 Å². The van der Waals surface area contributed by atoms with Crippen LogP contribution in [-0.2, 0) is 17.5 Å². The molecule has 0 bridgehead atoms. The summed E-state index contributed by atoms with van der Waals surface area (Å²) in [5, 5.41) is 23.8. The van der Waals surface area contributed by atoms with Gasteiger partial charge in [-0.1, -0.05) is 35.9 Å². The van der Waals surface area contributed by atoms with Crippen molar-refractivity contribution in [2.24, 2.45) is 0 Å². The average molecular weight is 715 g/mol. The van der Waals surface area contributed by atoms with Crippen LogP contribution < -0.4 is 10.1 Å². The van der Waals surface area contributed by atoms with E-state index in [1.165, 1.54) is 11.0 Å².